The van der Waals surface area contributed by atoms with E-state index in [0.717, 1.165) is 31.2 Å². The summed E-state index contributed by atoms with van der Waals surface area (Å²) in [5, 5.41) is 3.02. The Kier molecular flexibility index (Phi) is 4.52. The minimum absolute atomic E-state index is 0.0937. The smallest absolute Gasteiger partial charge is 0.263 e. The van der Waals surface area contributed by atoms with Crippen molar-refractivity contribution in [3.63, 3.8) is 0 Å². The van der Waals surface area contributed by atoms with E-state index in [0.29, 0.717) is 11.4 Å². The molecule has 2 aromatic rings. The van der Waals surface area contributed by atoms with Crippen molar-refractivity contribution >= 4 is 17.2 Å². The van der Waals surface area contributed by atoms with E-state index in [9.17, 15) is 9.18 Å². The van der Waals surface area contributed by atoms with Crippen LogP contribution < -0.4 is 5.32 Å². The molecule has 0 atom stereocenters. The van der Waals surface area contributed by atoms with E-state index < -0.39 is 0 Å². The zero-order chi connectivity index (χ0) is 15.4. The molecule has 1 N–H and O–H groups in total. The van der Waals surface area contributed by atoms with E-state index in [-0.39, 0.29) is 17.1 Å². The average molecular weight is 318 g/mol. The van der Waals surface area contributed by atoms with Crippen LogP contribution in [-0.4, -0.2) is 17.4 Å². The molecule has 5 heteroatoms. The zero-order valence-electron chi connectivity index (χ0n) is 12.3. The molecule has 0 saturated heterocycles. The second-order valence-corrected chi connectivity index (χ2v) is 6.79. The fraction of sp³-hybridized carbons (Fsp3) is 0.412. The number of hydrogen-bond donors (Lipinski definition) is 1. The Morgan fingerprint density at radius 1 is 1.32 bits per heavy atom. The van der Waals surface area contributed by atoms with Crippen LogP contribution >= 0.6 is 11.3 Å². The molecule has 1 fully saturated rings. The largest absolute Gasteiger partial charge is 0.350 e. The highest BCUT2D eigenvalue weighted by Crippen LogP contribution is 2.39. The standard InChI is InChI=1S/C17H19FN2OS/c18-14-6-4-5-13(9-14)17(7-2-1-3-8-17)11-20-16(21)15-10-19-12-22-15/h4-6,9-10,12H,1-3,7-8,11H2,(H,20,21). The molecular weight excluding hydrogens is 299 g/mol. The van der Waals surface area contributed by atoms with Crippen LogP contribution in [0.2, 0.25) is 0 Å². The lowest BCUT2D eigenvalue weighted by Gasteiger charge is -2.38. The maximum absolute atomic E-state index is 13.6. The first-order valence-electron chi connectivity index (χ1n) is 7.62. The summed E-state index contributed by atoms with van der Waals surface area (Å²) in [5.74, 6) is -0.305. The Bertz CT molecular complexity index is 636. The van der Waals surface area contributed by atoms with Gasteiger partial charge in [-0.3, -0.25) is 9.78 Å². The zero-order valence-corrected chi connectivity index (χ0v) is 13.2. The lowest BCUT2D eigenvalue weighted by atomic mass is 9.69. The third kappa shape index (κ3) is 3.19. The highest BCUT2D eigenvalue weighted by Gasteiger charge is 2.34. The first kappa shape index (κ1) is 15.2. The molecule has 0 unspecified atom stereocenters. The molecule has 0 aliphatic heterocycles. The van der Waals surface area contributed by atoms with E-state index >= 15 is 0 Å². The molecule has 1 saturated carbocycles. The number of rotatable bonds is 4. The summed E-state index contributed by atoms with van der Waals surface area (Å²) >= 11 is 1.33. The monoisotopic (exact) mass is 318 g/mol. The molecule has 0 radical (unpaired) electrons. The number of nitrogens with zero attached hydrogens (tertiary/aromatic N) is 1. The van der Waals surface area contributed by atoms with Crippen LogP contribution in [0.25, 0.3) is 0 Å². The predicted molar refractivity (Wildman–Crippen MR) is 85.6 cm³/mol. The Morgan fingerprint density at radius 3 is 2.82 bits per heavy atom. The maximum Gasteiger partial charge on any atom is 0.263 e. The summed E-state index contributed by atoms with van der Waals surface area (Å²) < 4.78 is 13.6. The third-order valence-corrected chi connectivity index (χ3v) is 5.26. The fourth-order valence-corrected chi connectivity index (χ4v) is 3.82. The molecule has 3 nitrogen and oxygen atoms in total. The van der Waals surface area contributed by atoms with Gasteiger partial charge >= 0.3 is 0 Å². The van der Waals surface area contributed by atoms with Crippen molar-refractivity contribution in [2.24, 2.45) is 0 Å². The first-order chi connectivity index (χ1) is 10.7. The quantitative estimate of drug-likeness (QED) is 0.928. The number of benzene rings is 1. The van der Waals surface area contributed by atoms with Crippen LogP contribution in [0, 0.1) is 5.82 Å². The lowest BCUT2D eigenvalue weighted by Crippen LogP contribution is -2.42. The molecule has 116 valence electrons. The SMILES string of the molecule is O=C(NCC1(c2cccc(F)c2)CCCCC1)c1cncs1. The minimum Gasteiger partial charge on any atom is -0.350 e. The van der Waals surface area contributed by atoms with Crippen LogP contribution in [0.5, 0.6) is 0 Å². The summed E-state index contributed by atoms with van der Waals surface area (Å²) in [5.41, 5.74) is 2.50. The molecule has 1 amide bonds. The molecule has 0 spiro atoms. The van der Waals surface area contributed by atoms with Gasteiger partial charge in [0.25, 0.3) is 5.91 Å². The van der Waals surface area contributed by atoms with Crippen LogP contribution in [0.15, 0.2) is 36.0 Å². The van der Waals surface area contributed by atoms with Gasteiger partial charge in [0.2, 0.25) is 0 Å². The van der Waals surface area contributed by atoms with Gasteiger partial charge in [-0.2, -0.15) is 0 Å². The number of nitrogens with one attached hydrogen (secondary N) is 1. The Morgan fingerprint density at radius 2 is 2.14 bits per heavy atom. The van der Waals surface area contributed by atoms with Crippen molar-refractivity contribution in [2.45, 2.75) is 37.5 Å². The number of amides is 1. The molecule has 1 aliphatic carbocycles. The molecule has 1 heterocycles. The molecule has 0 bridgehead atoms. The fourth-order valence-electron chi connectivity index (χ4n) is 3.28. The number of aromatic nitrogens is 1. The Labute approximate surface area is 133 Å². The van der Waals surface area contributed by atoms with Gasteiger partial charge in [0.05, 0.1) is 11.7 Å². The molecule has 3 rings (SSSR count). The van der Waals surface area contributed by atoms with Gasteiger partial charge in [-0.25, -0.2) is 4.39 Å². The minimum atomic E-state index is -0.212. The van der Waals surface area contributed by atoms with Crippen molar-refractivity contribution in [3.05, 3.63) is 52.2 Å². The molecular formula is C17H19FN2OS. The predicted octanol–water partition coefficient (Wildman–Crippen LogP) is 3.91. The summed E-state index contributed by atoms with van der Waals surface area (Å²) in [6.45, 7) is 0.549. The van der Waals surface area contributed by atoms with E-state index in [1.165, 1.54) is 23.8 Å². The van der Waals surface area contributed by atoms with Crippen LogP contribution in [-0.2, 0) is 5.41 Å². The van der Waals surface area contributed by atoms with Gasteiger partial charge in [0.1, 0.15) is 10.7 Å². The summed E-state index contributed by atoms with van der Waals surface area (Å²) in [6.07, 6.45) is 6.99. The van der Waals surface area contributed by atoms with Gasteiger partial charge in [-0.05, 0) is 30.5 Å². The van der Waals surface area contributed by atoms with Gasteiger partial charge in [0.15, 0.2) is 0 Å². The highest BCUT2D eigenvalue weighted by molar-refractivity contribution is 7.11. The summed E-state index contributed by atoms with van der Waals surface area (Å²) in [7, 11) is 0. The van der Waals surface area contributed by atoms with Gasteiger partial charge in [-0.1, -0.05) is 31.4 Å². The molecule has 1 aromatic heterocycles. The Hall–Kier alpha value is -1.75. The second kappa shape index (κ2) is 6.57. The number of hydrogen-bond acceptors (Lipinski definition) is 3. The van der Waals surface area contributed by atoms with E-state index in [1.54, 1.807) is 23.8 Å². The van der Waals surface area contributed by atoms with Gasteiger partial charge < -0.3 is 5.32 Å². The van der Waals surface area contributed by atoms with Crippen molar-refractivity contribution in [1.29, 1.82) is 0 Å². The number of carbonyl (C=O) groups is 1. The van der Waals surface area contributed by atoms with Crippen LogP contribution in [0.1, 0.15) is 47.3 Å². The summed E-state index contributed by atoms with van der Waals surface area (Å²) in [6, 6.07) is 6.82. The summed E-state index contributed by atoms with van der Waals surface area (Å²) in [4.78, 5) is 16.7. The number of thiazole rings is 1. The molecule has 1 aliphatic rings. The Balaban J connectivity index is 1.79. The van der Waals surface area contributed by atoms with Crippen molar-refractivity contribution in [3.8, 4) is 0 Å². The van der Waals surface area contributed by atoms with Crippen LogP contribution in [0.4, 0.5) is 4.39 Å². The van der Waals surface area contributed by atoms with Crippen LogP contribution in [0.3, 0.4) is 0 Å². The van der Waals surface area contributed by atoms with Crippen molar-refractivity contribution in [2.75, 3.05) is 6.54 Å². The maximum atomic E-state index is 13.6. The van der Waals surface area contributed by atoms with Gasteiger partial charge in [0, 0.05) is 12.0 Å². The average Bonchev–Trinajstić information content (AvgIpc) is 3.08. The second-order valence-electron chi connectivity index (χ2n) is 5.90. The number of halogens is 1. The van der Waals surface area contributed by atoms with Gasteiger partial charge in [-0.15, -0.1) is 11.3 Å². The third-order valence-electron chi connectivity index (χ3n) is 4.49. The van der Waals surface area contributed by atoms with E-state index in [2.05, 4.69) is 10.3 Å². The topological polar surface area (TPSA) is 42.0 Å². The normalized spacial score (nSPS) is 17.1. The lowest BCUT2D eigenvalue weighted by molar-refractivity contribution is 0.0940. The van der Waals surface area contributed by atoms with Crippen molar-refractivity contribution in [1.82, 2.24) is 10.3 Å². The highest BCUT2D eigenvalue weighted by atomic mass is 32.1. The molecule has 22 heavy (non-hydrogen) atoms. The van der Waals surface area contributed by atoms with E-state index in [1.807, 2.05) is 6.07 Å². The van der Waals surface area contributed by atoms with E-state index in [4.69, 9.17) is 0 Å². The number of carbonyl (C=O) groups excluding carboxylic acids is 1. The van der Waals surface area contributed by atoms with Crippen molar-refractivity contribution < 1.29 is 9.18 Å². The molecule has 1 aromatic carbocycles. The first-order valence-corrected chi connectivity index (χ1v) is 8.50.